The Kier molecular flexibility index (Phi) is 4.30. The third kappa shape index (κ3) is 2.74. The van der Waals surface area contributed by atoms with Gasteiger partial charge in [-0.1, -0.05) is 20.8 Å². The molecule has 3 aliphatic heterocycles. The fraction of sp³-hybridized carbons (Fsp3) is 0.556. The van der Waals surface area contributed by atoms with Crippen LogP contribution in [-0.2, 0) is 16.0 Å². The lowest BCUT2D eigenvalue weighted by Crippen LogP contribution is -2.72. The van der Waals surface area contributed by atoms with Crippen molar-refractivity contribution in [3.8, 4) is 5.75 Å². The van der Waals surface area contributed by atoms with Crippen molar-refractivity contribution in [2.24, 2.45) is 16.2 Å². The maximum atomic E-state index is 14.1. The number of hydrogen-bond donors (Lipinski definition) is 0. The van der Waals surface area contributed by atoms with Crippen molar-refractivity contribution in [3.05, 3.63) is 29.8 Å². The number of carbonyl (C=O) groups excluding carboxylic acids is 3. The van der Waals surface area contributed by atoms with Crippen LogP contribution in [0.4, 0.5) is 10.6 Å². The Hall–Kier alpha value is -3.16. The molecule has 3 fully saturated rings. The predicted molar refractivity (Wildman–Crippen MR) is 131 cm³/mol. The molecule has 1 aliphatic carbocycles. The average molecular weight is 477 g/mol. The van der Waals surface area contributed by atoms with E-state index in [0.717, 1.165) is 57.1 Å². The highest BCUT2D eigenvalue weighted by Crippen LogP contribution is 2.64. The fourth-order valence-corrected chi connectivity index (χ4v) is 8.10. The Morgan fingerprint density at radius 2 is 1.69 bits per heavy atom. The Bertz CT molecular complexity index is 1300. The molecule has 8 heteroatoms. The standard InChI is InChI=1S/C27H32N4O4/c1-25(2)12-17-13-26(3,14-25)21-27(22(32)29(4)24(34)30(5)23(27)33)11-16-9-15-10-18(35-6)7-8-19(15)28-20(16)31(17)21/h7-10,17,21H,11-14H2,1-6H3/t17-,21-,26+/m0/s1. The number of carbonyl (C=O) groups is 3. The molecule has 4 aliphatic rings. The summed E-state index contributed by atoms with van der Waals surface area (Å²) in [7, 11) is 4.61. The second-order valence-electron chi connectivity index (χ2n) is 12.1. The van der Waals surface area contributed by atoms with Crippen LogP contribution in [0.25, 0.3) is 10.9 Å². The molecule has 4 amide bonds. The summed E-state index contributed by atoms with van der Waals surface area (Å²) < 4.78 is 5.42. The van der Waals surface area contributed by atoms with Gasteiger partial charge in [0.15, 0.2) is 5.41 Å². The number of ether oxygens (including phenoxy) is 1. The van der Waals surface area contributed by atoms with Gasteiger partial charge in [0.1, 0.15) is 11.6 Å². The molecule has 1 spiro atoms. The van der Waals surface area contributed by atoms with E-state index in [9.17, 15) is 14.4 Å². The number of aromatic nitrogens is 1. The molecule has 1 saturated carbocycles. The van der Waals surface area contributed by atoms with Crippen molar-refractivity contribution in [1.82, 2.24) is 14.8 Å². The molecular weight excluding hydrogens is 444 g/mol. The monoisotopic (exact) mass is 476 g/mol. The van der Waals surface area contributed by atoms with Gasteiger partial charge in [-0.05, 0) is 59.9 Å². The van der Waals surface area contributed by atoms with Gasteiger partial charge in [-0.15, -0.1) is 0 Å². The van der Waals surface area contributed by atoms with Crippen LogP contribution in [0.1, 0.15) is 45.6 Å². The second-order valence-corrected chi connectivity index (χ2v) is 12.1. The minimum atomic E-state index is -1.37. The number of methoxy groups -OCH3 is 1. The van der Waals surface area contributed by atoms with E-state index in [0.29, 0.717) is 0 Å². The van der Waals surface area contributed by atoms with Gasteiger partial charge in [0.25, 0.3) is 0 Å². The molecule has 0 unspecified atom stereocenters. The van der Waals surface area contributed by atoms with Crippen LogP contribution in [-0.4, -0.2) is 65.9 Å². The molecule has 0 N–H and O–H groups in total. The number of pyridine rings is 1. The largest absolute Gasteiger partial charge is 0.497 e. The minimum Gasteiger partial charge on any atom is -0.497 e. The van der Waals surface area contributed by atoms with Crippen LogP contribution >= 0.6 is 0 Å². The number of benzene rings is 1. The summed E-state index contributed by atoms with van der Waals surface area (Å²) in [6.07, 6.45) is 2.99. The summed E-state index contributed by atoms with van der Waals surface area (Å²) in [5.41, 5.74) is 0.149. The summed E-state index contributed by atoms with van der Waals surface area (Å²) in [6, 6.07) is 7.07. The highest BCUT2D eigenvalue weighted by atomic mass is 16.5. The molecule has 1 aromatic carbocycles. The first-order valence-electron chi connectivity index (χ1n) is 12.3. The number of amides is 4. The molecule has 2 saturated heterocycles. The van der Waals surface area contributed by atoms with Gasteiger partial charge in [0, 0.05) is 31.9 Å². The first-order valence-corrected chi connectivity index (χ1v) is 12.3. The van der Waals surface area contributed by atoms with E-state index in [1.54, 1.807) is 7.11 Å². The van der Waals surface area contributed by atoms with E-state index in [1.165, 1.54) is 14.1 Å². The van der Waals surface area contributed by atoms with Crippen LogP contribution < -0.4 is 9.64 Å². The van der Waals surface area contributed by atoms with Gasteiger partial charge in [-0.3, -0.25) is 19.4 Å². The Morgan fingerprint density at radius 3 is 2.34 bits per heavy atom. The van der Waals surface area contributed by atoms with Gasteiger partial charge in [-0.25, -0.2) is 9.78 Å². The molecule has 35 heavy (non-hydrogen) atoms. The van der Waals surface area contributed by atoms with Crippen LogP contribution in [0.15, 0.2) is 24.3 Å². The number of hydrogen-bond acceptors (Lipinski definition) is 6. The zero-order chi connectivity index (χ0) is 25.1. The zero-order valence-electron chi connectivity index (χ0n) is 21.2. The van der Waals surface area contributed by atoms with Gasteiger partial charge in [0.2, 0.25) is 11.8 Å². The lowest BCUT2D eigenvalue weighted by molar-refractivity contribution is -0.161. The van der Waals surface area contributed by atoms with E-state index in [2.05, 4.69) is 25.7 Å². The van der Waals surface area contributed by atoms with Crippen molar-refractivity contribution in [2.45, 2.75) is 58.5 Å². The van der Waals surface area contributed by atoms with Crippen molar-refractivity contribution in [3.63, 3.8) is 0 Å². The van der Waals surface area contributed by atoms with E-state index in [1.807, 2.05) is 24.3 Å². The summed E-state index contributed by atoms with van der Waals surface area (Å²) in [4.78, 5) is 50.6. The molecule has 2 aromatic rings. The van der Waals surface area contributed by atoms with Crippen molar-refractivity contribution in [2.75, 3.05) is 26.1 Å². The topological polar surface area (TPSA) is 83.0 Å². The van der Waals surface area contributed by atoms with E-state index in [-0.39, 0.29) is 29.3 Å². The highest BCUT2D eigenvalue weighted by Gasteiger charge is 2.72. The first kappa shape index (κ1) is 22.3. The second kappa shape index (κ2) is 6.74. The number of anilines is 1. The first-order chi connectivity index (χ1) is 16.4. The SMILES string of the molecule is COc1ccc2nc3c(cc2c1)CC1(C(=O)N(C)C(=O)N(C)C1=O)[C@H]1N3[C@H]2CC(C)(C)C[C@@]1(C)C2. The van der Waals surface area contributed by atoms with Crippen LogP contribution in [0, 0.1) is 16.2 Å². The molecule has 2 bridgehead atoms. The van der Waals surface area contributed by atoms with Gasteiger partial charge in [0.05, 0.1) is 18.7 Å². The molecule has 184 valence electrons. The smallest absolute Gasteiger partial charge is 0.332 e. The number of imide groups is 2. The predicted octanol–water partition coefficient (Wildman–Crippen LogP) is 3.61. The number of urea groups is 1. The fourth-order valence-electron chi connectivity index (χ4n) is 8.10. The molecule has 6 rings (SSSR count). The highest BCUT2D eigenvalue weighted by molar-refractivity contribution is 6.20. The van der Waals surface area contributed by atoms with E-state index in [4.69, 9.17) is 9.72 Å². The Balaban J connectivity index is 1.64. The van der Waals surface area contributed by atoms with Crippen molar-refractivity contribution < 1.29 is 19.1 Å². The van der Waals surface area contributed by atoms with Crippen LogP contribution in [0.3, 0.4) is 0 Å². The van der Waals surface area contributed by atoms with Crippen molar-refractivity contribution >= 4 is 34.6 Å². The zero-order valence-corrected chi connectivity index (χ0v) is 21.2. The number of fused-ring (bicyclic) bond motifs is 9. The number of rotatable bonds is 1. The number of barbiturate groups is 1. The lowest BCUT2D eigenvalue weighted by atomic mass is 9.56. The van der Waals surface area contributed by atoms with E-state index < -0.39 is 23.3 Å². The molecule has 1 aromatic heterocycles. The summed E-state index contributed by atoms with van der Waals surface area (Å²) in [5, 5.41) is 0.902. The lowest BCUT2D eigenvalue weighted by Gasteiger charge is -2.54. The summed E-state index contributed by atoms with van der Waals surface area (Å²) >= 11 is 0. The van der Waals surface area contributed by atoms with Gasteiger partial charge >= 0.3 is 6.03 Å². The van der Waals surface area contributed by atoms with Crippen LogP contribution in [0.2, 0.25) is 0 Å². The summed E-state index contributed by atoms with van der Waals surface area (Å²) in [6.45, 7) is 6.77. The minimum absolute atomic E-state index is 0.0644. The maximum Gasteiger partial charge on any atom is 0.332 e. The average Bonchev–Trinajstić information content (AvgIpc) is 3.04. The van der Waals surface area contributed by atoms with E-state index >= 15 is 0 Å². The molecule has 4 heterocycles. The third-order valence-electron chi connectivity index (χ3n) is 8.91. The van der Waals surface area contributed by atoms with Crippen LogP contribution in [0.5, 0.6) is 5.75 Å². The van der Waals surface area contributed by atoms with Gasteiger partial charge in [-0.2, -0.15) is 0 Å². The Labute approximate surface area is 205 Å². The molecular formula is C27H32N4O4. The van der Waals surface area contributed by atoms with Gasteiger partial charge < -0.3 is 9.64 Å². The van der Waals surface area contributed by atoms with Crippen molar-refractivity contribution in [1.29, 1.82) is 0 Å². The normalized spacial score (nSPS) is 30.7. The quantitative estimate of drug-likeness (QED) is 0.585. The number of nitrogens with zero attached hydrogens (tertiary/aromatic N) is 4. The summed E-state index contributed by atoms with van der Waals surface area (Å²) in [5.74, 6) is 0.795. The molecule has 3 atom stereocenters. The maximum absolute atomic E-state index is 14.1. The Morgan fingerprint density at radius 1 is 1.00 bits per heavy atom. The molecule has 0 radical (unpaired) electrons. The third-order valence-corrected chi connectivity index (χ3v) is 8.91. The molecule has 8 nitrogen and oxygen atoms in total.